The lowest BCUT2D eigenvalue weighted by molar-refractivity contribution is -0.138. The van der Waals surface area contributed by atoms with Crippen molar-refractivity contribution in [2.45, 2.75) is 65.0 Å². The number of amides is 2. The average molecular weight is 270 g/mol. The van der Waals surface area contributed by atoms with Gasteiger partial charge in [-0.25, -0.2) is 4.79 Å². The second kappa shape index (κ2) is 7.36. The second-order valence-corrected chi connectivity index (χ2v) is 5.55. The normalized spacial score (nSPS) is 24.6. The van der Waals surface area contributed by atoms with Crippen LogP contribution < -0.4 is 5.32 Å². The topological polar surface area (TPSA) is 69.6 Å². The van der Waals surface area contributed by atoms with Crippen LogP contribution >= 0.6 is 0 Å². The molecule has 2 N–H and O–H groups in total. The molecule has 5 nitrogen and oxygen atoms in total. The minimum absolute atomic E-state index is 0.0124. The molecular weight excluding hydrogens is 244 g/mol. The van der Waals surface area contributed by atoms with Crippen LogP contribution in [0.15, 0.2) is 0 Å². The molecular formula is C14H26N2O3. The van der Waals surface area contributed by atoms with E-state index in [4.69, 9.17) is 5.11 Å². The van der Waals surface area contributed by atoms with Gasteiger partial charge in [0.25, 0.3) is 0 Å². The first-order chi connectivity index (χ1) is 8.95. The Kier molecular flexibility index (Phi) is 6.12. The molecule has 0 aromatic heterocycles. The van der Waals surface area contributed by atoms with Gasteiger partial charge in [-0.3, -0.25) is 4.79 Å². The highest BCUT2D eigenvalue weighted by Crippen LogP contribution is 2.24. The fourth-order valence-corrected chi connectivity index (χ4v) is 2.79. The molecule has 0 aromatic carbocycles. The third-order valence-corrected chi connectivity index (χ3v) is 4.02. The fraction of sp³-hybridized carbons (Fsp3) is 0.857. The predicted molar refractivity (Wildman–Crippen MR) is 74.0 cm³/mol. The highest BCUT2D eigenvalue weighted by molar-refractivity contribution is 5.76. The van der Waals surface area contributed by atoms with E-state index in [0.717, 1.165) is 19.3 Å². The lowest BCUT2D eigenvalue weighted by atomic mass is 9.86. The van der Waals surface area contributed by atoms with Crippen molar-refractivity contribution in [2.75, 3.05) is 6.54 Å². The van der Waals surface area contributed by atoms with Crippen LogP contribution in [0.25, 0.3) is 0 Å². The molecule has 3 atom stereocenters. The highest BCUT2D eigenvalue weighted by atomic mass is 16.4. The van der Waals surface area contributed by atoms with E-state index >= 15 is 0 Å². The number of carboxylic acids is 1. The van der Waals surface area contributed by atoms with Gasteiger partial charge >= 0.3 is 12.0 Å². The molecule has 0 spiro atoms. The van der Waals surface area contributed by atoms with Crippen molar-refractivity contribution in [1.82, 2.24) is 10.2 Å². The maximum Gasteiger partial charge on any atom is 0.317 e. The lowest BCUT2D eigenvalue weighted by Crippen LogP contribution is -2.51. The Hall–Kier alpha value is -1.26. The number of carboxylic acid groups (broad SMARTS) is 1. The summed E-state index contributed by atoms with van der Waals surface area (Å²) in [6.45, 7) is 6.35. The van der Waals surface area contributed by atoms with Gasteiger partial charge in [-0.1, -0.05) is 19.8 Å². The average Bonchev–Trinajstić information content (AvgIpc) is 2.32. The van der Waals surface area contributed by atoms with Crippen LogP contribution in [-0.4, -0.2) is 40.6 Å². The molecule has 1 fully saturated rings. The Labute approximate surface area is 115 Å². The van der Waals surface area contributed by atoms with Crippen LogP contribution in [0.2, 0.25) is 0 Å². The number of hydrogen-bond acceptors (Lipinski definition) is 2. The molecule has 5 heteroatoms. The highest BCUT2D eigenvalue weighted by Gasteiger charge is 2.26. The summed E-state index contributed by atoms with van der Waals surface area (Å²) in [6, 6.07) is -0.177. The minimum Gasteiger partial charge on any atom is -0.481 e. The molecule has 1 rings (SSSR count). The largest absolute Gasteiger partial charge is 0.481 e. The smallest absolute Gasteiger partial charge is 0.317 e. The molecule has 19 heavy (non-hydrogen) atoms. The number of urea groups is 1. The second-order valence-electron chi connectivity index (χ2n) is 5.55. The number of nitrogens with zero attached hydrogens (tertiary/aromatic N) is 1. The van der Waals surface area contributed by atoms with E-state index in [2.05, 4.69) is 12.2 Å². The number of nitrogens with one attached hydrogen (secondary N) is 1. The third kappa shape index (κ3) is 4.73. The summed E-state index contributed by atoms with van der Waals surface area (Å²) < 4.78 is 0. The van der Waals surface area contributed by atoms with Crippen LogP contribution in [0.1, 0.15) is 52.9 Å². The van der Waals surface area contributed by atoms with E-state index in [0.29, 0.717) is 12.5 Å². The standard InChI is InChI=1S/C14H26N2O3/c1-4-16(11(3)9-13(17)18)14(19)15-12-8-6-5-7-10(12)2/h10-12H,4-9H2,1-3H3,(H,15,19)(H,17,18). The summed E-state index contributed by atoms with van der Waals surface area (Å²) >= 11 is 0. The van der Waals surface area contributed by atoms with E-state index in [-0.39, 0.29) is 24.5 Å². The summed E-state index contributed by atoms with van der Waals surface area (Å²) in [7, 11) is 0. The number of rotatable bonds is 5. The molecule has 2 amide bonds. The zero-order valence-electron chi connectivity index (χ0n) is 12.2. The van der Waals surface area contributed by atoms with Crippen LogP contribution in [0, 0.1) is 5.92 Å². The molecule has 3 unspecified atom stereocenters. The Balaban J connectivity index is 2.55. The Morgan fingerprint density at radius 3 is 2.53 bits per heavy atom. The van der Waals surface area contributed by atoms with E-state index in [1.165, 1.54) is 6.42 Å². The van der Waals surface area contributed by atoms with Gasteiger partial charge in [0.2, 0.25) is 0 Å². The molecule has 0 aromatic rings. The van der Waals surface area contributed by atoms with Gasteiger partial charge in [-0.2, -0.15) is 0 Å². The van der Waals surface area contributed by atoms with Crippen molar-refractivity contribution < 1.29 is 14.7 Å². The monoisotopic (exact) mass is 270 g/mol. The Morgan fingerprint density at radius 1 is 1.37 bits per heavy atom. The summed E-state index contributed by atoms with van der Waals surface area (Å²) in [5, 5.41) is 11.9. The molecule has 0 heterocycles. The third-order valence-electron chi connectivity index (χ3n) is 4.02. The zero-order valence-corrected chi connectivity index (χ0v) is 12.2. The SMILES string of the molecule is CCN(C(=O)NC1CCCCC1C)C(C)CC(=O)O. The van der Waals surface area contributed by atoms with E-state index in [1.807, 2.05) is 6.92 Å². The number of carbonyl (C=O) groups excluding carboxylic acids is 1. The van der Waals surface area contributed by atoms with Gasteiger partial charge in [0.05, 0.1) is 6.42 Å². The predicted octanol–water partition coefficient (Wildman–Crippen LogP) is 2.46. The molecule has 0 bridgehead atoms. The number of aliphatic carboxylic acids is 1. The molecule has 1 saturated carbocycles. The number of carbonyl (C=O) groups is 2. The van der Waals surface area contributed by atoms with E-state index in [9.17, 15) is 9.59 Å². The maximum absolute atomic E-state index is 12.2. The van der Waals surface area contributed by atoms with Crippen LogP contribution in [-0.2, 0) is 4.79 Å². The van der Waals surface area contributed by atoms with Crippen molar-refractivity contribution in [3.63, 3.8) is 0 Å². The van der Waals surface area contributed by atoms with Crippen molar-refractivity contribution in [3.05, 3.63) is 0 Å². The summed E-state index contributed by atoms with van der Waals surface area (Å²) in [5.41, 5.74) is 0. The summed E-state index contributed by atoms with van der Waals surface area (Å²) in [6.07, 6.45) is 4.56. The molecule has 1 aliphatic rings. The fourth-order valence-electron chi connectivity index (χ4n) is 2.79. The summed E-state index contributed by atoms with van der Waals surface area (Å²) in [5.74, 6) is -0.365. The quantitative estimate of drug-likeness (QED) is 0.806. The van der Waals surface area contributed by atoms with Gasteiger partial charge in [-0.15, -0.1) is 0 Å². The van der Waals surface area contributed by atoms with Gasteiger partial charge in [0.15, 0.2) is 0 Å². The molecule has 1 aliphatic carbocycles. The minimum atomic E-state index is -0.871. The van der Waals surface area contributed by atoms with Gasteiger partial charge in [0, 0.05) is 18.6 Å². The van der Waals surface area contributed by atoms with Gasteiger partial charge < -0.3 is 15.3 Å². The maximum atomic E-state index is 12.2. The Morgan fingerprint density at radius 2 is 2.00 bits per heavy atom. The Bertz CT molecular complexity index is 320. The molecule has 0 radical (unpaired) electrons. The van der Waals surface area contributed by atoms with Crippen LogP contribution in [0.5, 0.6) is 0 Å². The first kappa shape index (κ1) is 15.8. The zero-order chi connectivity index (χ0) is 14.4. The van der Waals surface area contributed by atoms with Crippen molar-refractivity contribution >= 4 is 12.0 Å². The van der Waals surface area contributed by atoms with Gasteiger partial charge in [0.1, 0.15) is 0 Å². The molecule has 110 valence electrons. The molecule has 0 saturated heterocycles. The lowest BCUT2D eigenvalue weighted by Gasteiger charge is -2.34. The van der Waals surface area contributed by atoms with E-state index < -0.39 is 5.97 Å². The summed E-state index contributed by atoms with van der Waals surface area (Å²) in [4.78, 5) is 24.6. The number of hydrogen-bond donors (Lipinski definition) is 2. The van der Waals surface area contributed by atoms with Crippen molar-refractivity contribution in [2.24, 2.45) is 5.92 Å². The first-order valence-corrected chi connectivity index (χ1v) is 7.24. The van der Waals surface area contributed by atoms with Gasteiger partial charge in [-0.05, 0) is 32.6 Å². The first-order valence-electron chi connectivity index (χ1n) is 7.24. The van der Waals surface area contributed by atoms with Crippen LogP contribution in [0.3, 0.4) is 0 Å². The van der Waals surface area contributed by atoms with Crippen molar-refractivity contribution in [1.29, 1.82) is 0 Å². The van der Waals surface area contributed by atoms with E-state index in [1.54, 1.807) is 11.8 Å². The molecule has 0 aliphatic heterocycles. The van der Waals surface area contributed by atoms with Crippen LogP contribution in [0.4, 0.5) is 4.79 Å². The van der Waals surface area contributed by atoms with Crippen molar-refractivity contribution in [3.8, 4) is 0 Å².